The van der Waals surface area contributed by atoms with E-state index in [2.05, 4.69) is 18.1 Å². The van der Waals surface area contributed by atoms with Crippen molar-refractivity contribution < 1.29 is 4.39 Å². The van der Waals surface area contributed by atoms with Crippen LogP contribution in [0.15, 0.2) is 30.3 Å². The van der Waals surface area contributed by atoms with Crippen LogP contribution in [-0.2, 0) is 19.9 Å². The molecule has 102 valence electrons. The van der Waals surface area contributed by atoms with Crippen molar-refractivity contribution in [2.75, 3.05) is 6.54 Å². The second kappa shape index (κ2) is 5.97. The second-order valence-corrected chi connectivity index (χ2v) is 4.79. The molecule has 1 aromatic heterocycles. The average molecular weight is 261 g/mol. The molecule has 1 heterocycles. The first-order valence-electron chi connectivity index (χ1n) is 6.61. The number of aryl methyl sites for hydroxylation is 2. The maximum Gasteiger partial charge on any atom is 0.123 e. The highest BCUT2D eigenvalue weighted by Crippen LogP contribution is 2.20. The van der Waals surface area contributed by atoms with Crippen LogP contribution in [0.5, 0.6) is 0 Å². The molecule has 0 aliphatic heterocycles. The summed E-state index contributed by atoms with van der Waals surface area (Å²) in [6.45, 7) is 2.63. The van der Waals surface area contributed by atoms with E-state index in [0.717, 1.165) is 29.8 Å². The number of hydrogen-bond acceptors (Lipinski definition) is 2. The Hall–Kier alpha value is -1.68. The summed E-state index contributed by atoms with van der Waals surface area (Å²) >= 11 is 0. The standard InChI is InChI=1S/C15H20FN3/c1-3-14-9-15(19(2)18-14)8-12(10-17)11-4-6-13(16)7-5-11/h4-7,9,12H,3,8,10,17H2,1-2H3. The van der Waals surface area contributed by atoms with E-state index < -0.39 is 0 Å². The van der Waals surface area contributed by atoms with Gasteiger partial charge in [0.2, 0.25) is 0 Å². The van der Waals surface area contributed by atoms with E-state index in [9.17, 15) is 4.39 Å². The van der Waals surface area contributed by atoms with Crippen molar-refractivity contribution in [3.63, 3.8) is 0 Å². The van der Waals surface area contributed by atoms with Gasteiger partial charge in [-0.25, -0.2) is 4.39 Å². The molecule has 19 heavy (non-hydrogen) atoms. The first-order valence-corrected chi connectivity index (χ1v) is 6.61. The Balaban J connectivity index is 2.18. The van der Waals surface area contributed by atoms with Crippen LogP contribution >= 0.6 is 0 Å². The van der Waals surface area contributed by atoms with Crippen LogP contribution in [0.1, 0.15) is 29.8 Å². The molecule has 2 rings (SSSR count). The topological polar surface area (TPSA) is 43.8 Å². The van der Waals surface area contributed by atoms with E-state index in [1.165, 1.54) is 12.1 Å². The van der Waals surface area contributed by atoms with Crippen LogP contribution in [0.4, 0.5) is 4.39 Å². The van der Waals surface area contributed by atoms with E-state index in [4.69, 9.17) is 5.73 Å². The van der Waals surface area contributed by atoms with Crippen molar-refractivity contribution in [1.29, 1.82) is 0 Å². The lowest BCUT2D eigenvalue weighted by Gasteiger charge is -2.15. The van der Waals surface area contributed by atoms with Gasteiger partial charge in [0.05, 0.1) is 5.69 Å². The lowest BCUT2D eigenvalue weighted by molar-refractivity contribution is 0.614. The van der Waals surface area contributed by atoms with Gasteiger partial charge in [0, 0.05) is 18.7 Å². The minimum absolute atomic E-state index is 0.195. The van der Waals surface area contributed by atoms with Gasteiger partial charge in [0.1, 0.15) is 5.82 Å². The van der Waals surface area contributed by atoms with Gasteiger partial charge in [-0.3, -0.25) is 4.68 Å². The molecule has 0 spiro atoms. The highest BCUT2D eigenvalue weighted by molar-refractivity contribution is 5.23. The van der Waals surface area contributed by atoms with Crippen LogP contribution in [0, 0.1) is 5.82 Å². The van der Waals surface area contributed by atoms with Crippen molar-refractivity contribution in [3.8, 4) is 0 Å². The molecule has 1 unspecified atom stereocenters. The summed E-state index contributed by atoms with van der Waals surface area (Å²) in [5.41, 5.74) is 9.18. The van der Waals surface area contributed by atoms with Crippen LogP contribution in [0.3, 0.4) is 0 Å². The largest absolute Gasteiger partial charge is 0.330 e. The second-order valence-electron chi connectivity index (χ2n) is 4.79. The van der Waals surface area contributed by atoms with Crippen LogP contribution in [0.2, 0.25) is 0 Å². The monoisotopic (exact) mass is 261 g/mol. The fourth-order valence-corrected chi connectivity index (χ4v) is 2.26. The zero-order valence-corrected chi connectivity index (χ0v) is 11.4. The number of rotatable bonds is 5. The van der Waals surface area contributed by atoms with Gasteiger partial charge in [0.25, 0.3) is 0 Å². The van der Waals surface area contributed by atoms with Crippen molar-refractivity contribution >= 4 is 0 Å². The van der Waals surface area contributed by atoms with E-state index in [1.54, 1.807) is 0 Å². The molecule has 0 amide bonds. The van der Waals surface area contributed by atoms with E-state index >= 15 is 0 Å². The van der Waals surface area contributed by atoms with Gasteiger partial charge in [0.15, 0.2) is 0 Å². The smallest absolute Gasteiger partial charge is 0.123 e. The highest BCUT2D eigenvalue weighted by Gasteiger charge is 2.14. The fourth-order valence-electron chi connectivity index (χ4n) is 2.26. The number of aromatic nitrogens is 2. The third-order valence-electron chi connectivity index (χ3n) is 3.47. The van der Waals surface area contributed by atoms with Crippen LogP contribution in [0.25, 0.3) is 0 Å². The van der Waals surface area contributed by atoms with Gasteiger partial charge >= 0.3 is 0 Å². The average Bonchev–Trinajstić information content (AvgIpc) is 2.78. The SMILES string of the molecule is CCc1cc(CC(CN)c2ccc(F)cc2)n(C)n1. The third-order valence-corrected chi connectivity index (χ3v) is 3.47. The zero-order chi connectivity index (χ0) is 13.8. The zero-order valence-electron chi connectivity index (χ0n) is 11.4. The molecule has 1 atom stereocenters. The Kier molecular flexibility index (Phi) is 4.32. The molecule has 2 N–H and O–H groups in total. The molecule has 0 aliphatic rings. The van der Waals surface area contributed by atoms with E-state index in [1.807, 2.05) is 23.9 Å². The van der Waals surface area contributed by atoms with Crippen LogP contribution < -0.4 is 5.73 Å². The molecule has 0 saturated carbocycles. The predicted octanol–water partition coefficient (Wildman–Crippen LogP) is 2.41. The molecular formula is C15H20FN3. The summed E-state index contributed by atoms with van der Waals surface area (Å²) < 4.78 is 14.9. The maximum absolute atomic E-state index is 12.9. The van der Waals surface area contributed by atoms with E-state index in [-0.39, 0.29) is 11.7 Å². The Morgan fingerprint density at radius 2 is 2.00 bits per heavy atom. The normalized spacial score (nSPS) is 12.6. The number of benzene rings is 1. The molecule has 0 radical (unpaired) electrons. The lowest BCUT2D eigenvalue weighted by Crippen LogP contribution is -2.16. The van der Waals surface area contributed by atoms with Crippen molar-refractivity contribution in [1.82, 2.24) is 9.78 Å². The summed E-state index contributed by atoms with van der Waals surface area (Å²) in [5, 5.41) is 4.44. The minimum Gasteiger partial charge on any atom is -0.330 e. The fraction of sp³-hybridized carbons (Fsp3) is 0.400. The Morgan fingerprint density at radius 3 is 2.53 bits per heavy atom. The minimum atomic E-state index is -0.215. The quantitative estimate of drug-likeness (QED) is 0.898. The summed E-state index contributed by atoms with van der Waals surface area (Å²) in [4.78, 5) is 0. The summed E-state index contributed by atoms with van der Waals surface area (Å²) in [7, 11) is 1.95. The predicted molar refractivity (Wildman–Crippen MR) is 74.5 cm³/mol. The summed E-state index contributed by atoms with van der Waals surface area (Å²) in [6, 6.07) is 8.71. The molecule has 0 saturated heterocycles. The van der Waals surface area contributed by atoms with Crippen molar-refractivity contribution in [3.05, 3.63) is 53.1 Å². The van der Waals surface area contributed by atoms with Gasteiger partial charge in [-0.1, -0.05) is 19.1 Å². The van der Waals surface area contributed by atoms with Crippen LogP contribution in [-0.4, -0.2) is 16.3 Å². The first kappa shape index (κ1) is 13.7. The molecule has 3 nitrogen and oxygen atoms in total. The molecule has 0 bridgehead atoms. The van der Waals surface area contributed by atoms with Crippen molar-refractivity contribution in [2.24, 2.45) is 12.8 Å². The van der Waals surface area contributed by atoms with Gasteiger partial charge in [-0.15, -0.1) is 0 Å². The number of halogens is 1. The van der Waals surface area contributed by atoms with E-state index in [0.29, 0.717) is 6.54 Å². The summed E-state index contributed by atoms with van der Waals surface area (Å²) in [5.74, 6) is -0.0194. The Labute approximate surface area is 113 Å². The molecule has 0 aliphatic carbocycles. The number of nitrogens with two attached hydrogens (primary N) is 1. The first-order chi connectivity index (χ1) is 9.13. The van der Waals surface area contributed by atoms with Crippen molar-refractivity contribution in [2.45, 2.75) is 25.7 Å². The van der Waals surface area contributed by atoms with Gasteiger partial charge < -0.3 is 5.73 Å². The molecular weight excluding hydrogens is 241 g/mol. The highest BCUT2D eigenvalue weighted by atomic mass is 19.1. The number of hydrogen-bond donors (Lipinski definition) is 1. The summed E-state index contributed by atoms with van der Waals surface area (Å²) in [6.07, 6.45) is 1.75. The third kappa shape index (κ3) is 3.20. The molecule has 1 aromatic carbocycles. The molecule has 2 aromatic rings. The Bertz CT molecular complexity index is 531. The number of nitrogens with zero attached hydrogens (tertiary/aromatic N) is 2. The van der Waals surface area contributed by atoms with Gasteiger partial charge in [-0.2, -0.15) is 5.10 Å². The van der Waals surface area contributed by atoms with Gasteiger partial charge in [-0.05, 0) is 43.1 Å². The molecule has 4 heteroatoms. The maximum atomic E-state index is 12.9. The Morgan fingerprint density at radius 1 is 1.32 bits per heavy atom. The lowest BCUT2D eigenvalue weighted by atomic mass is 9.94. The molecule has 0 fully saturated rings.